The predicted molar refractivity (Wildman–Crippen MR) is 123 cm³/mol. The van der Waals surface area contributed by atoms with Gasteiger partial charge in [-0.25, -0.2) is 9.50 Å². The van der Waals surface area contributed by atoms with E-state index in [1.807, 2.05) is 0 Å². The zero-order valence-electron chi connectivity index (χ0n) is 19.0. The Morgan fingerprint density at radius 2 is 1.58 bits per heavy atom. The summed E-state index contributed by atoms with van der Waals surface area (Å²) in [7, 11) is 0. The lowest BCUT2D eigenvalue weighted by Gasteiger charge is -2.11. The Balaban J connectivity index is 1.49. The minimum atomic E-state index is -4.49. The van der Waals surface area contributed by atoms with Crippen LogP contribution < -0.4 is 10.6 Å². The lowest BCUT2D eigenvalue weighted by molar-refractivity contribution is -0.137. The standard InChI is InChI=1S/C25H20F3N5O3/c1-15(34)18-7-5-16(6-8-18)13-30-24(36)21-12-20(32-22-9-10-31-33(21)22)23(35)29-14-17-3-2-4-19(11-17)25(26,27)28/h2-12H,13-14H2,1H3,(H,29,35)(H,30,36). The number of carbonyl (C=O) groups is 3. The van der Waals surface area contributed by atoms with Gasteiger partial charge in [0.25, 0.3) is 11.8 Å². The molecular formula is C25H20F3N5O3. The van der Waals surface area contributed by atoms with E-state index in [4.69, 9.17) is 0 Å². The van der Waals surface area contributed by atoms with Gasteiger partial charge in [0.1, 0.15) is 11.4 Å². The molecule has 2 aromatic heterocycles. The molecule has 0 radical (unpaired) electrons. The van der Waals surface area contributed by atoms with Gasteiger partial charge in [-0.05, 0) is 30.2 Å². The third-order valence-corrected chi connectivity index (χ3v) is 5.35. The molecule has 2 amide bonds. The molecule has 4 aromatic rings. The highest BCUT2D eigenvalue weighted by molar-refractivity contribution is 5.98. The topological polar surface area (TPSA) is 105 Å². The SMILES string of the molecule is CC(=O)c1ccc(CNC(=O)c2cc(C(=O)NCc3cccc(C(F)(F)F)c3)nc3ccnn23)cc1. The highest BCUT2D eigenvalue weighted by Gasteiger charge is 2.30. The van der Waals surface area contributed by atoms with Gasteiger partial charge in [-0.1, -0.05) is 36.4 Å². The third-order valence-electron chi connectivity index (χ3n) is 5.35. The van der Waals surface area contributed by atoms with Crippen molar-refractivity contribution < 1.29 is 27.6 Å². The van der Waals surface area contributed by atoms with Crippen molar-refractivity contribution in [2.24, 2.45) is 0 Å². The van der Waals surface area contributed by atoms with Gasteiger partial charge in [-0.3, -0.25) is 14.4 Å². The summed E-state index contributed by atoms with van der Waals surface area (Å²) in [6.45, 7) is 1.47. The average molecular weight is 495 g/mol. The van der Waals surface area contributed by atoms with E-state index in [-0.39, 0.29) is 41.5 Å². The summed E-state index contributed by atoms with van der Waals surface area (Å²) in [5, 5.41) is 9.34. The fourth-order valence-corrected chi connectivity index (χ4v) is 3.45. The van der Waals surface area contributed by atoms with Gasteiger partial charge in [0.2, 0.25) is 0 Å². The minimum Gasteiger partial charge on any atom is -0.347 e. The van der Waals surface area contributed by atoms with Crippen molar-refractivity contribution in [3.05, 3.63) is 101 Å². The quantitative estimate of drug-likeness (QED) is 0.380. The fourth-order valence-electron chi connectivity index (χ4n) is 3.45. The van der Waals surface area contributed by atoms with E-state index >= 15 is 0 Å². The number of nitrogens with zero attached hydrogens (tertiary/aromatic N) is 3. The maximum absolute atomic E-state index is 12.9. The number of hydrogen-bond donors (Lipinski definition) is 2. The summed E-state index contributed by atoms with van der Waals surface area (Å²) in [5.74, 6) is -1.25. The summed E-state index contributed by atoms with van der Waals surface area (Å²) in [4.78, 5) is 41.2. The normalized spacial score (nSPS) is 11.3. The number of Topliss-reactive ketones (excluding diaryl/α,β-unsaturated/α-hetero) is 1. The monoisotopic (exact) mass is 495 g/mol. The van der Waals surface area contributed by atoms with Crippen LogP contribution >= 0.6 is 0 Å². The smallest absolute Gasteiger partial charge is 0.347 e. The molecule has 184 valence electrons. The highest BCUT2D eigenvalue weighted by Crippen LogP contribution is 2.29. The first-order valence-electron chi connectivity index (χ1n) is 10.8. The molecule has 0 aliphatic rings. The van der Waals surface area contributed by atoms with Crippen molar-refractivity contribution >= 4 is 23.2 Å². The second-order valence-electron chi connectivity index (χ2n) is 7.94. The van der Waals surface area contributed by atoms with Gasteiger partial charge >= 0.3 is 6.18 Å². The van der Waals surface area contributed by atoms with Gasteiger partial charge in [0.15, 0.2) is 11.4 Å². The zero-order valence-corrected chi connectivity index (χ0v) is 19.0. The Hall–Kier alpha value is -4.54. The minimum absolute atomic E-state index is 0.0505. The number of alkyl halides is 3. The Kier molecular flexibility index (Phi) is 6.82. The van der Waals surface area contributed by atoms with E-state index < -0.39 is 23.6 Å². The zero-order chi connectivity index (χ0) is 25.9. The van der Waals surface area contributed by atoms with Crippen molar-refractivity contribution in [2.45, 2.75) is 26.2 Å². The molecule has 0 unspecified atom stereocenters. The number of aromatic nitrogens is 3. The van der Waals surface area contributed by atoms with Crippen LogP contribution in [0.3, 0.4) is 0 Å². The average Bonchev–Trinajstić information content (AvgIpc) is 3.34. The molecular weight excluding hydrogens is 475 g/mol. The fraction of sp³-hybridized carbons (Fsp3) is 0.160. The Labute approximate surface area is 203 Å². The highest BCUT2D eigenvalue weighted by atomic mass is 19.4. The number of fused-ring (bicyclic) bond motifs is 1. The van der Waals surface area contributed by atoms with Gasteiger partial charge in [-0.2, -0.15) is 18.3 Å². The van der Waals surface area contributed by atoms with Crippen LogP contribution in [-0.4, -0.2) is 32.2 Å². The van der Waals surface area contributed by atoms with Crippen LogP contribution in [-0.2, 0) is 19.3 Å². The van der Waals surface area contributed by atoms with Crippen LogP contribution in [0.25, 0.3) is 5.65 Å². The third kappa shape index (κ3) is 5.57. The number of hydrogen-bond acceptors (Lipinski definition) is 5. The molecule has 0 saturated heterocycles. The van der Waals surface area contributed by atoms with Crippen molar-refractivity contribution in [3.63, 3.8) is 0 Å². The second-order valence-corrected chi connectivity index (χ2v) is 7.94. The first-order valence-corrected chi connectivity index (χ1v) is 10.8. The summed E-state index contributed by atoms with van der Waals surface area (Å²) >= 11 is 0. The molecule has 0 fully saturated rings. The Morgan fingerprint density at radius 3 is 2.28 bits per heavy atom. The van der Waals surface area contributed by atoms with Crippen LogP contribution in [0.15, 0.2) is 66.9 Å². The summed E-state index contributed by atoms with van der Waals surface area (Å²) < 4.78 is 40.1. The lowest BCUT2D eigenvalue weighted by Crippen LogP contribution is -2.28. The van der Waals surface area contributed by atoms with Gasteiger partial charge in [-0.15, -0.1) is 0 Å². The number of halogens is 3. The Bertz CT molecular complexity index is 1450. The van der Waals surface area contributed by atoms with Crippen LogP contribution in [0.1, 0.15) is 54.9 Å². The van der Waals surface area contributed by atoms with E-state index in [2.05, 4.69) is 20.7 Å². The van der Waals surface area contributed by atoms with Crippen LogP contribution in [0.4, 0.5) is 13.2 Å². The van der Waals surface area contributed by atoms with E-state index in [0.717, 1.165) is 17.7 Å². The van der Waals surface area contributed by atoms with Gasteiger partial charge < -0.3 is 10.6 Å². The summed E-state index contributed by atoms with van der Waals surface area (Å²) in [6, 6.07) is 14.2. The summed E-state index contributed by atoms with van der Waals surface area (Å²) in [6.07, 6.45) is -3.07. The molecule has 0 atom stereocenters. The molecule has 2 aromatic carbocycles. The number of amides is 2. The van der Waals surface area contributed by atoms with E-state index in [9.17, 15) is 27.6 Å². The molecule has 4 rings (SSSR count). The molecule has 0 spiro atoms. The van der Waals surface area contributed by atoms with E-state index in [1.165, 1.54) is 41.9 Å². The Morgan fingerprint density at radius 1 is 0.889 bits per heavy atom. The molecule has 2 heterocycles. The van der Waals surface area contributed by atoms with E-state index in [1.54, 1.807) is 24.3 Å². The first kappa shape index (κ1) is 24.6. The molecule has 0 saturated carbocycles. The van der Waals surface area contributed by atoms with Crippen molar-refractivity contribution in [2.75, 3.05) is 0 Å². The molecule has 0 bridgehead atoms. The van der Waals surface area contributed by atoms with Gasteiger partial charge in [0, 0.05) is 30.8 Å². The van der Waals surface area contributed by atoms with E-state index in [0.29, 0.717) is 5.56 Å². The maximum Gasteiger partial charge on any atom is 0.416 e. The van der Waals surface area contributed by atoms with Gasteiger partial charge in [0.05, 0.1) is 11.8 Å². The number of benzene rings is 2. The van der Waals surface area contributed by atoms with Crippen LogP contribution in [0.5, 0.6) is 0 Å². The van der Waals surface area contributed by atoms with Crippen molar-refractivity contribution in [1.82, 2.24) is 25.2 Å². The number of carbonyl (C=O) groups excluding carboxylic acids is 3. The largest absolute Gasteiger partial charge is 0.416 e. The molecule has 2 N–H and O–H groups in total. The van der Waals surface area contributed by atoms with Crippen LogP contribution in [0, 0.1) is 0 Å². The predicted octanol–water partition coefficient (Wildman–Crippen LogP) is 3.81. The van der Waals surface area contributed by atoms with Crippen molar-refractivity contribution in [1.29, 1.82) is 0 Å². The number of nitrogens with one attached hydrogen (secondary N) is 2. The first-order chi connectivity index (χ1) is 17.1. The molecule has 36 heavy (non-hydrogen) atoms. The molecule has 0 aliphatic heterocycles. The van der Waals surface area contributed by atoms with Crippen LogP contribution in [0.2, 0.25) is 0 Å². The number of ketones is 1. The molecule has 8 nitrogen and oxygen atoms in total. The van der Waals surface area contributed by atoms with Crippen molar-refractivity contribution in [3.8, 4) is 0 Å². The summed E-state index contributed by atoms with van der Waals surface area (Å²) in [5.41, 5.74) is 0.968. The molecule has 11 heteroatoms. The second kappa shape index (κ2) is 9.98. The maximum atomic E-state index is 12.9. The number of rotatable bonds is 7. The lowest BCUT2D eigenvalue weighted by atomic mass is 10.1. The molecule has 0 aliphatic carbocycles.